The Balaban J connectivity index is 1.59. The van der Waals surface area contributed by atoms with Crippen molar-refractivity contribution in [2.24, 2.45) is 0 Å². The van der Waals surface area contributed by atoms with Crippen molar-refractivity contribution in [3.8, 4) is 5.88 Å². The molecule has 1 amide bonds. The first-order valence-corrected chi connectivity index (χ1v) is 7.01. The fourth-order valence-electron chi connectivity index (χ4n) is 2.26. The standard InChI is InChI=1S/C15H12F3N3O3/c16-15(17,18)11-3-4-19-13(6-11)24-12-8-20(9-12)14(22)10-2-1-5-21(23)7-10/h1-7,12H,8-9H2. The van der Waals surface area contributed by atoms with Crippen LogP contribution in [0.5, 0.6) is 5.88 Å². The van der Waals surface area contributed by atoms with Crippen LogP contribution in [0.4, 0.5) is 13.2 Å². The van der Waals surface area contributed by atoms with Crippen molar-refractivity contribution in [2.75, 3.05) is 13.1 Å². The summed E-state index contributed by atoms with van der Waals surface area (Å²) in [5, 5.41) is 11.2. The third-order valence-electron chi connectivity index (χ3n) is 3.51. The van der Waals surface area contributed by atoms with Gasteiger partial charge in [-0.05, 0) is 12.1 Å². The predicted octanol–water partition coefficient (Wildman–Crippen LogP) is 1.64. The lowest BCUT2D eigenvalue weighted by Gasteiger charge is -2.38. The van der Waals surface area contributed by atoms with E-state index in [2.05, 4.69) is 4.98 Å². The molecule has 0 aliphatic carbocycles. The number of pyridine rings is 2. The molecule has 24 heavy (non-hydrogen) atoms. The summed E-state index contributed by atoms with van der Waals surface area (Å²) in [7, 11) is 0. The Kier molecular flexibility index (Phi) is 4.00. The minimum absolute atomic E-state index is 0.140. The van der Waals surface area contributed by atoms with E-state index >= 15 is 0 Å². The van der Waals surface area contributed by atoms with Crippen LogP contribution in [-0.4, -0.2) is 35.0 Å². The van der Waals surface area contributed by atoms with Gasteiger partial charge in [0.05, 0.1) is 18.7 Å². The second-order valence-electron chi connectivity index (χ2n) is 5.28. The summed E-state index contributed by atoms with van der Waals surface area (Å²) >= 11 is 0. The van der Waals surface area contributed by atoms with E-state index in [9.17, 15) is 23.2 Å². The number of rotatable bonds is 3. The summed E-state index contributed by atoms with van der Waals surface area (Å²) in [4.78, 5) is 17.3. The molecule has 0 aromatic carbocycles. The van der Waals surface area contributed by atoms with E-state index < -0.39 is 17.8 Å². The van der Waals surface area contributed by atoms with E-state index in [4.69, 9.17) is 4.74 Å². The van der Waals surface area contributed by atoms with Gasteiger partial charge in [0, 0.05) is 18.3 Å². The zero-order chi connectivity index (χ0) is 17.3. The summed E-state index contributed by atoms with van der Waals surface area (Å²) in [6.07, 6.45) is -1.46. The second kappa shape index (κ2) is 5.99. The minimum Gasteiger partial charge on any atom is -0.619 e. The van der Waals surface area contributed by atoms with Crippen LogP contribution in [0.1, 0.15) is 15.9 Å². The molecule has 0 radical (unpaired) electrons. The molecular formula is C15H12F3N3O3. The molecule has 1 fully saturated rings. The normalized spacial score (nSPS) is 15.0. The minimum atomic E-state index is -4.47. The molecule has 0 unspecified atom stereocenters. The molecule has 0 N–H and O–H groups in total. The van der Waals surface area contributed by atoms with Gasteiger partial charge in [0.25, 0.3) is 5.91 Å². The highest BCUT2D eigenvalue weighted by atomic mass is 19.4. The molecule has 126 valence electrons. The van der Waals surface area contributed by atoms with Gasteiger partial charge < -0.3 is 14.8 Å². The Labute approximate surface area is 134 Å². The van der Waals surface area contributed by atoms with Crippen molar-refractivity contribution >= 4 is 5.91 Å². The number of carbonyl (C=O) groups excluding carboxylic acids is 1. The Morgan fingerprint density at radius 3 is 2.79 bits per heavy atom. The number of hydrogen-bond donors (Lipinski definition) is 0. The number of halogens is 3. The van der Waals surface area contributed by atoms with E-state index in [-0.39, 0.29) is 30.4 Å². The number of likely N-dealkylation sites (tertiary alicyclic amines) is 1. The van der Waals surface area contributed by atoms with Gasteiger partial charge in [-0.3, -0.25) is 4.79 Å². The van der Waals surface area contributed by atoms with Gasteiger partial charge in [0.1, 0.15) is 11.7 Å². The van der Waals surface area contributed by atoms with Gasteiger partial charge >= 0.3 is 6.18 Å². The van der Waals surface area contributed by atoms with Gasteiger partial charge in [-0.1, -0.05) is 0 Å². The molecule has 1 aliphatic rings. The van der Waals surface area contributed by atoms with Gasteiger partial charge in [0.15, 0.2) is 12.4 Å². The van der Waals surface area contributed by atoms with Crippen molar-refractivity contribution in [3.63, 3.8) is 0 Å². The first-order chi connectivity index (χ1) is 11.3. The number of nitrogens with zero attached hydrogens (tertiary/aromatic N) is 3. The quantitative estimate of drug-likeness (QED) is 0.630. The number of hydrogen-bond acceptors (Lipinski definition) is 4. The van der Waals surface area contributed by atoms with Gasteiger partial charge in [-0.15, -0.1) is 0 Å². The Morgan fingerprint density at radius 2 is 2.12 bits per heavy atom. The molecule has 0 bridgehead atoms. The second-order valence-corrected chi connectivity index (χ2v) is 5.28. The fourth-order valence-corrected chi connectivity index (χ4v) is 2.26. The monoisotopic (exact) mass is 339 g/mol. The smallest absolute Gasteiger partial charge is 0.416 e. The Hall–Kier alpha value is -2.84. The van der Waals surface area contributed by atoms with Crippen LogP contribution in [0.2, 0.25) is 0 Å². The lowest BCUT2D eigenvalue weighted by Crippen LogP contribution is -2.56. The first-order valence-electron chi connectivity index (χ1n) is 7.01. The zero-order valence-corrected chi connectivity index (χ0v) is 12.2. The maximum Gasteiger partial charge on any atom is 0.416 e. The maximum absolute atomic E-state index is 12.6. The molecule has 0 saturated carbocycles. The van der Waals surface area contributed by atoms with E-state index in [1.165, 1.54) is 23.2 Å². The van der Waals surface area contributed by atoms with Gasteiger partial charge in [0.2, 0.25) is 5.88 Å². The average molecular weight is 339 g/mol. The third-order valence-corrected chi connectivity index (χ3v) is 3.51. The van der Waals surface area contributed by atoms with E-state index in [1.807, 2.05) is 0 Å². The summed E-state index contributed by atoms with van der Waals surface area (Å²) in [6.45, 7) is 0.426. The Bertz CT molecular complexity index is 761. The number of aromatic nitrogens is 2. The van der Waals surface area contributed by atoms with Gasteiger partial charge in [-0.25, -0.2) is 4.98 Å². The van der Waals surface area contributed by atoms with E-state index in [0.29, 0.717) is 4.73 Å². The van der Waals surface area contributed by atoms with Crippen LogP contribution in [0.25, 0.3) is 0 Å². The molecule has 3 heterocycles. The summed E-state index contributed by atoms with van der Waals surface area (Å²) < 4.78 is 43.8. The Morgan fingerprint density at radius 1 is 1.38 bits per heavy atom. The highest BCUT2D eigenvalue weighted by Gasteiger charge is 2.35. The molecule has 2 aromatic rings. The zero-order valence-electron chi connectivity index (χ0n) is 12.2. The molecule has 0 spiro atoms. The van der Waals surface area contributed by atoms with Crippen molar-refractivity contribution in [2.45, 2.75) is 12.3 Å². The van der Waals surface area contributed by atoms with E-state index in [0.717, 1.165) is 24.5 Å². The van der Waals surface area contributed by atoms with Crippen LogP contribution >= 0.6 is 0 Å². The lowest BCUT2D eigenvalue weighted by atomic mass is 10.1. The topological polar surface area (TPSA) is 69.4 Å². The van der Waals surface area contributed by atoms with Crippen LogP contribution in [0.15, 0.2) is 42.9 Å². The molecule has 1 saturated heterocycles. The highest BCUT2D eigenvalue weighted by molar-refractivity contribution is 5.94. The molecule has 3 rings (SSSR count). The lowest BCUT2D eigenvalue weighted by molar-refractivity contribution is -0.605. The molecule has 9 heteroatoms. The van der Waals surface area contributed by atoms with Crippen molar-refractivity contribution in [1.82, 2.24) is 9.88 Å². The van der Waals surface area contributed by atoms with Crippen molar-refractivity contribution in [1.29, 1.82) is 0 Å². The van der Waals surface area contributed by atoms with Crippen LogP contribution in [0, 0.1) is 5.21 Å². The first kappa shape index (κ1) is 16.0. The van der Waals surface area contributed by atoms with Gasteiger partial charge in [-0.2, -0.15) is 17.9 Å². The summed E-state index contributed by atoms with van der Waals surface area (Å²) in [5.74, 6) is -0.476. The highest BCUT2D eigenvalue weighted by Crippen LogP contribution is 2.31. The van der Waals surface area contributed by atoms with Crippen LogP contribution in [-0.2, 0) is 6.18 Å². The maximum atomic E-state index is 12.6. The molecule has 6 nitrogen and oxygen atoms in total. The molecule has 0 atom stereocenters. The molecular weight excluding hydrogens is 327 g/mol. The molecule has 2 aromatic heterocycles. The predicted molar refractivity (Wildman–Crippen MR) is 75.0 cm³/mol. The number of alkyl halides is 3. The number of ether oxygens (including phenoxy) is 1. The van der Waals surface area contributed by atoms with Crippen LogP contribution in [0.3, 0.4) is 0 Å². The SMILES string of the molecule is O=C(c1ccc[n+]([O-])c1)N1CC(Oc2cc(C(F)(F)F)ccn2)C1. The van der Waals surface area contributed by atoms with E-state index in [1.54, 1.807) is 0 Å². The third kappa shape index (κ3) is 3.39. The fraction of sp³-hybridized carbons (Fsp3) is 0.267. The van der Waals surface area contributed by atoms with Crippen molar-refractivity contribution < 1.29 is 27.4 Å². The van der Waals surface area contributed by atoms with Crippen molar-refractivity contribution in [3.05, 3.63) is 59.2 Å². The average Bonchev–Trinajstić information content (AvgIpc) is 2.49. The number of amides is 1. The summed E-state index contributed by atoms with van der Waals surface area (Å²) in [5.41, 5.74) is -0.604. The summed E-state index contributed by atoms with van der Waals surface area (Å²) in [6, 6.07) is 4.65. The van der Waals surface area contributed by atoms with Crippen LogP contribution < -0.4 is 9.47 Å². The molecule has 1 aliphatic heterocycles. The largest absolute Gasteiger partial charge is 0.619 e. The number of carbonyl (C=O) groups is 1.